The fourth-order valence-electron chi connectivity index (χ4n) is 2.64. The van der Waals surface area contributed by atoms with E-state index >= 15 is 0 Å². The Bertz CT molecular complexity index is 704. The van der Waals surface area contributed by atoms with Crippen LogP contribution in [0.25, 0.3) is 0 Å². The smallest absolute Gasteiger partial charge is 0.254 e. The Morgan fingerprint density at radius 1 is 1.29 bits per heavy atom. The molecular formula is C16H13ClFNO2. The number of rotatable bonds is 2. The first-order valence-corrected chi connectivity index (χ1v) is 6.96. The lowest BCUT2D eigenvalue weighted by molar-refractivity contribution is 0.0854. The number of halogens is 2. The molecule has 21 heavy (non-hydrogen) atoms. The van der Waals surface area contributed by atoms with E-state index in [1.807, 2.05) is 24.3 Å². The van der Waals surface area contributed by atoms with Crippen molar-refractivity contribution >= 4 is 17.5 Å². The number of hydrogen-bond acceptors (Lipinski definition) is 2. The van der Waals surface area contributed by atoms with Crippen molar-refractivity contribution in [1.82, 2.24) is 5.32 Å². The van der Waals surface area contributed by atoms with Crippen LogP contribution in [0, 0.1) is 5.82 Å². The molecule has 5 heteroatoms. The number of carbonyl (C=O) groups is 1. The molecule has 1 aliphatic carbocycles. The summed E-state index contributed by atoms with van der Waals surface area (Å²) >= 11 is 5.79. The topological polar surface area (TPSA) is 49.3 Å². The van der Waals surface area contributed by atoms with Gasteiger partial charge >= 0.3 is 0 Å². The van der Waals surface area contributed by atoms with Crippen molar-refractivity contribution in [2.24, 2.45) is 0 Å². The lowest BCUT2D eigenvalue weighted by atomic mass is 10.1. The van der Waals surface area contributed by atoms with Crippen LogP contribution in [-0.4, -0.2) is 17.1 Å². The first-order valence-electron chi connectivity index (χ1n) is 6.58. The maximum Gasteiger partial charge on any atom is 0.254 e. The molecule has 2 aromatic rings. The van der Waals surface area contributed by atoms with Crippen molar-refractivity contribution in [2.45, 2.75) is 18.6 Å². The lowest BCUT2D eigenvalue weighted by Gasteiger charge is -2.18. The van der Waals surface area contributed by atoms with Crippen LogP contribution in [0.3, 0.4) is 0 Å². The number of aliphatic hydroxyl groups excluding tert-OH is 1. The standard InChI is InChI=1S/C16H13ClFNO2/c17-10-5-6-13(18)12(8-10)16(21)19-15-11-4-2-1-3-9(11)7-14(15)20/h1-6,8,14-15,20H,7H2,(H,19,21)/t14-,15+/m1/s1. The number of nitrogens with one attached hydrogen (secondary N) is 1. The molecule has 2 N–H and O–H groups in total. The van der Waals surface area contributed by atoms with Crippen molar-refractivity contribution in [2.75, 3.05) is 0 Å². The number of amides is 1. The SMILES string of the molecule is O=C(N[C@H]1c2ccccc2C[C@H]1O)c1cc(Cl)ccc1F. The zero-order valence-corrected chi connectivity index (χ0v) is 11.8. The van der Waals surface area contributed by atoms with Gasteiger partial charge in [0.15, 0.2) is 0 Å². The molecule has 0 saturated heterocycles. The third-order valence-corrected chi connectivity index (χ3v) is 3.90. The first-order chi connectivity index (χ1) is 10.1. The fourth-order valence-corrected chi connectivity index (χ4v) is 2.81. The van der Waals surface area contributed by atoms with Crippen molar-refractivity contribution in [3.63, 3.8) is 0 Å². The minimum atomic E-state index is -0.714. The predicted octanol–water partition coefficient (Wildman–Crippen LogP) is 2.87. The molecule has 0 bridgehead atoms. The van der Waals surface area contributed by atoms with E-state index in [0.717, 1.165) is 17.2 Å². The average Bonchev–Trinajstić information content (AvgIpc) is 2.78. The van der Waals surface area contributed by atoms with Gasteiger partial charge < -0.3 is 10.4 Å². The van der Waals surface area contributed by atoms with Crippen molar-refractivity contribution in [1.29, 1.82) is 0 Å². The van der Waals surface area contributed by atoms with Crippen LogP contribution < -0.4 is 5.32 Å². The van der Waals surface area contributed by atoms with E-state index in [4.69, 9.17) is 11.6 Å². The normalized spacial score (nSPS) is 20.1. The molecule has 2 atom stereocenters. The van der Waals surface area contributed by atoms with E-state index in [2.05, 4.69) is 5.32 Å². The molecule has 1 amide bonds. The largest absolute Gasteiger partial charge is 0.390 e. The van der Waals surface area contributed by atoms with Gasteiger partial charge in [-0.2, -0.15) is 0 Å². The first kappa shape index (κ1) is 14.0. The summed E-state index contributed by atoms with van der Waals surface area (Å²) in [6, 6.07) is 10.8. The Kier molecular flexibility index (Phi) is 3.66. The van der Waals surface area contributed by atoms with Crippen LogP contribution in [0.1, 0.15) is 27.5 Å². The van der Waals surface area contributed by atoms with E-state index in [0.29, 0.717) is 6.42 Å². The summed E-state index contributed by atoms with van der Waals surface area (Å²) in [6.45, 7) is 0. The Morgan fingerprint density at radius 3 is 2.86 bits per heavy atom. The molecular weight excluding hydrogens is 293 g/mol. The fraction of sp³-hybridized carbons (Fsp3) is 0.188. The quantitative estimate of drug-likeness (QED) is 0.896. The van der Waals surface area contributed by atoms with Crippen LogP contribution in [0.2, 0.25) is 5.02 Å². The Labute approximate surface area is 126 Å². The second kappa shape index (κ2) is 5.47. The highest BCUT2D eigenvalue weighted by Gasteiger charge is 2.32. The molecule has 108 valence electrons. The van der Waals surface area contributed by atoms with Crippen LogP contribution in [0.5, 0.6) is 0 Å². The summed E-state index contributed by atoms with van der Waals surface area (Å²) in [5.41, 5.74) is 1.72. The van der Waals surface area contributed by atoms with Gasteiger partial charge in [-0.05, 0) is 29.3 Å². The maximum absolute atomic E-state index is 13.7. The van der Waals surface area contributed by atoms with Gasteiger partial charge in [0, 0.05) is 11.4 Å². The van der Waals surface area contributed by atoms with Gasteiger partial charge in [0.1, 0.15) is 5.82 Å². The molecule has 0 fully saturated rings. The molecule has 0 saturated carbocycles. The lowest BCUT2D eigenvalue weighted by Crippen LogP contribution is -2.34. The van der Waals surface area contributed by atoms with Crippen molar-refractivity contribution in [3.8, 4) is 0 Å². The third kappa shape index (κ3) is 2.64. The van der Waals surface area contributed by atoms with Crippen LogP contribution in [0.15, 0.2) is 42.5 Å². The molecule has 0 radical (unpaired) electrons. The van der Waals surface area contributed by atoms with Gasteiger partial charge in [-0.25, -0.2) is 4.39 Å². The number of benzene rings is 2. The number of hydrogen-bond donors (Lipinski definition) is 2. The minimum absolute atomic E-state index is 0.126. The number of carbonyl (C=O) groups excluding carboxylic acids is 1. The van der Waals surface area contributed by atoms with Gasteiger partial charge in [-0.3, -0.25) is 4.79 Å². The minimum Gasteiger partial charge on any atom is -0.390 e. The molecule has 3 rings (SSSR count). The third-order valence-electron chi connectivity index (χ3n) is 3.66. The summed E-state index contributed by atoms with van der Waals surface area (Å²) in [7, 11) is 0. The highest BCUT2D eigenvalue weighted by Crippen LogP contribution is 2.31. The summed E-state index contributed by atoms with van der Waals surface area (Å²) < 4.78 is 13.7. The van der Waals surface area contributed by atoms with Gasteiger partial charge in [-0.15, -0.1) is 0 Å². The molecule has 1 aliphatic rings. The van der Waals surface area contributed by atoms with Crippen molar-refractivity contribution in [3.05, 3.63) is 70.0 Å². The zero-order chi connectivity index (χ0) is 15.0. The van der Waals surface area contributed by atoms with Crippen LogP contribution in [-0.2, 0) is 6.42 Å². The highest BCUT2D eigenvalue weighted by atomic mass is 35.5. The van der Waals surface area contributed by atoms with E-state index in [1.54, 1.807) is 0 Å². The summed E-state index contributed by atoms with van der Waals surface area (Å²) in [5, 5.41) is 13.1. The highest BCUT2D eigenvalue weighted by molar-refractivity contribution is 6.31. The predicted molar refractivity (Wildman–Crippen MR) is 77.8 cm³/mol. The Morgan fingerprint density at radius 2 is 2.05 bits per heavy atom. The van der Waals surface area contributed by atoms with Crippen LogP contribution >= 0.6 is 11.6 Å². The second-order valence-electron chi connectivity index (χ2n) is 5.05. The zero-order valence-electron chi connectivity index (χ0n) is 11.0. The summed E-state index contributed by atoms with van der Waals surface area (Å²) in [4.78, 5) is 12.2. The van der Waals surface area contributed by atoms with E-state index < -0.39 is 23.9 Å². The molecule has 0 unspecified atom stereocenters. The molecule has 2 aromatic carbocycles. The van der Waals surface area contributed by atoms with Crippen LogP contribution in [0.4, 0.5) is 4.39 Å². The molecule has 0 heterocycles. The molecule has 0 spiro atoms. The Balaban J connectivity index is 1.87. The summed E-state index contributed by atoms with van der Waals surface area (Å²) in [5.74, 6) is -1.23. The van der Waals surface area contributed by atoms with E-state index in [9.17, 15) is 14.3 Å². The van der Waals surface area contributed by atoms with E-state index in [1.165, 1.54) is 12.1 Å². The Hall–Kier alpha value is -1.91. The number of fused-ring (bicyclic) bond motifs is 1. The average molecular weight is 306 g/mol. The second-order valence-corrected chi connectivity index (χ2v) is 5.48. The maximum atomic E-state index is 13.7. The monoisotopic (exact) mass is 305 g/mol. The molecule has 0 aliphatic heterocycles. The van der Waals surface area contributed by atoms with E-state index in [-0.39, 0.29) is 10.6 Å². The summed E-state index contributed by atoms with van der Waals surface area (Å²) in [6.07, 6.45) is -0.243. The molecule has 0 aromatic heterocycles. The van der Waals surface area contributed by atoms with Gasteiger partial charge in [-0.1, -0.05) is 35.9 Å². The van der Waals surface area contributed by atoms with Gasteiger partial charge in [0.25, 0.3) is 5.91 Å². The number of aliphatic hydroxyl groups is 1. The van der Waals surface area contributed by atoms with Gasteiger partial charge in [0.2, 0.25) is 0 Å². The van der Waals surface area contributed by atoms with Gasteiger partial charge in [0.05, 0.1) is 17.7 Å². The van der Waals surface area contributed by atoms with Crippen molar-refractivity contribution < 1.29 is 14.3 Å². The molecule has 3 nitrogen and oxygen atoms in total.